The van der Waals surface area contributed by atoms with Gasteiger partial charge >= 0.3 is 0 Å². The smallest absolute Gasteiger partial charge is 0.262 e. The standard InChI is InChI=1S/C20H23BrN2O3/c1-3-4-10-22-20(25)15-6-5-7-16(12-15)23-19(24)13-26-18-9-8-14(2)11-17(18)21/h5-9,11-12H,3-4,10,13H2,1-2H3,(H,22,25)(H,23,24). The molecule has 0 radical (unpaired) electrons. The summed E-state index contributed by atoms with van der Waals surface area (Å²) in [4.78, 5) is 24.2. The van der Waals surface area contributed by atoms with E-state index in [4.69, 9.17) is 4.74 Å². The fourth-order valence-corrected chi connectivity index (χ4v) is 2.89. The highest BCUT2D eigenvalue weighted by Gasteiger charge is 2.09. The lowest BCUT2D eigenvalue weighted by Crippen LogP contribution is -2.25. The first-order valence-corrected chi connectivity index (χ1v) is 9.36. The predicted molar refractivity (Wildman–Crippen MR) is 107 cm³/mol. The summed E-state index contributed by atoms with van der Waals surface area (Å²) in [5, 5.41) is 5.60. The third-order valence-electron chi connectivity index (χ3n) is 3.67. The Morgan fingerprint density at radius 1 is 1.15 bits per heavy atom. The van der Waals surface area contributed by atoms with Crippen molar-refractivity contribution in [2.24, 2.45) is 0 Å². The zero-order valence-electron chi connectivity index (χ0n) is 15.0. The highest BCUT2D eigenvalue weighted by molar-refractivity contribution is 9.10. The summed E-state index contributed by atoms with van der Waals surface area (Å²) >= 11 is 3.41. The van der Waals surface area contributed by atoms with Gasteiger partial charge in [0, 0.05) is 17.8 Å². The Hall–Kier alpha value is -2.34. The van der Waals surface area contributed by atoms with E-state index in [9.17, 15) is 9.59 Å². The number of aryl methyl sites for hydroxylation is 1. The number of unbranched alkanes of at least 4 members (excludes halogenated alkanes) is 1. The molecule has 0 saturated carbocycles. The van der Waals surface area contributed by atoms with Crippen LogP contribution in [0.2, 0.25) is 0 Å². The van der Waals surface area contributed by atoms with Crippen molar-refractivity contribution in [1.82, 2.24) is 5.32 Å². The van der Waals surface area contributed by atoms with Crippen molar-refractivity contribution in [3.63, 3.8) is 0 Å². The summed E-state index contributed by atoms with van der Waals surface area (Å²) in [7, 11) is 0. The summed E-state index contributed by atoms with van der Waals surface area (Å²) in [5.74, 6) is 0.171. The second kappa shape index (κ2) is 9.97. The van der Waals surface area contributed by atoms with Gasteiger partial charge in [-0.25, -0.2) is 0 Å². The minimum Gasteiger partial charge on any atom is -0.483 e. The van der Waals surface area contributed by atoms with Gasteiger partial charge in [0.2, 0.25) is 0 Å². The molecule has 0 bridgehead atoms. The molecule has 6 heteroatoms. The quantitative estimate of drug-likeness (QED) is 0.627. The number of halogens is 1. The molecule has 0 aliphatic carbocycles. The van der Waals surface area contributed by atoms with Crippen LogP contribution in [0.5, 0.6) is 5.75 Å². The number of ether oxygens (including phenoxy) is 1. The topological polar surface area (TPSA) is 67.4 Å². The largest absolute Gasteiger partial charge is 0.483 e. The summed E-state index contributed by atoms with van der Waals surface area (Å²) in [5.41, 5.74) is 2.17. The second-order valence-corrected chi connectivity index (χ2v) is 6.82. The van der Waals surface area contributed by atoms with Crippen LogP contribution in [0.4, 0.5) is 5.69 Å². The highest BCUT2D eigenvalue weighted by Crippen LogP contribution is 2.25. The lowest BCUT2D eigenvalue weighted by atomic mass is 10.2. The summed E-state index contributed by atoms with van der Waals surface area (Å²) in [6.45, 7) is 4.58. The van der Waals surface area contributed by atoms with E-state index < -0.39 is 0 Å². The van der Waals surface area contributed by atoms with Crippen molar-refractivity contribution < 1.29 is 14.3 Å². The van der Waals surface area contributed by atoms with E-state index in [-0.39, 0.29) is 18.4 Å². The van der Waals surface area contributed by atoms with Gasteiger partial charge in [-0.3, -0.25) is 9.59 Å². The molecule has 5 nitrogen and oxygen atoms in total. The van der Waals surface area contributed by atoms with Crippen LogP contribution < -0.4 is 15.4 Å². The first-order valence-electron chi connectivity index (χ1n) is 8.56. The van der Waals surface area contributed by atoms with Crippen LogP contribution >= 0.6 is 15.9 Å². The number of carbonyl (C=O) groups excluding carboxylic acids is 2. The average Bonchev–Trinajstić information content (AvgIpc) is 2.61. The molecule has 2 amide bonds. The Morgan fingerprint density at radius 2 is 1.96 bits per heavy atom. The lowest BCUT2D eigenvalue weighted by molar-refractivity contribution is -0.118. The van der Waals surface area contributed by atoms with E-state index in [0.717, 1.165) is 22.9 Å². The van der Waals surface area contributed by atoms with Gasteiger partial charge in [0.25, 0.3) is 11.8 Å². The Morgan fingerprint density at radius 3 is 2.69 bits per heavy atom. The van der Waals surface area contributed by atoms with Crippen LogP contribution in [0.1, 0.15) is 35.7 Å². The van der Waals surface area contributed by atoms with Crippen LogP contribution in [0.3, 0.4) is 0 Å². The van der Waals surface area contributed by atoms with Crippen LogP contribution in [-0.4, -0.2) is 25.0 Å². The number of nitrogens with one attached hydrogen (secondary N) is 2. The zero-order valence-corrected chi connectivity index (χ0v) is 16.6. The number of rotatable bonds is 8. The zero-order chi connectivity index (χ0) is 18.9. The molecule has 0 atom stereocenters. The maximum absolute atomic E-state index is 12.1. The molecule has 0 aromatic heterocycles. The molecule has 0 saturated heterocycles. The number of amides is 2. The molecule has 138 valence electrons. The van der Waals surface area contributed by atoms with E-state index in [1.807, 2.05) is 25.1 Å². The average molecular weight is 419 g/mol. The molecule has 0 spiro atoms. The molecule has 0 heterocycles. The summed E-state index contributed by atoms with van der Waals surface area (Å²) in [6, 6.07) is 12.5. The minimum atomic E-state index is -0.291. The molecule has 26 heavy (non-hydrogen) atoms. The van der Waals surface area contributed by atoms with E-state index >= 15 is 0 Å². The minimum absolute atomic E-state index is 0.116. The molecule has 2 rings (SSSR count). The van der Waals surface area contributed by atoms with E-state index in [2.05, 4.69) is 33.5 Å². The molecule has 2 aromatic rings. The fraction of sp³-hybridized carbons (Fsp3) is 0.300. The predicted octanol–water partition coefficient (Wildman–Crippen LogP) is 4.30. The van der Waals surface area contributed by atoms with Gasteiger partial charge in [-0.05, 0) is 65.2 Å². The third kappa shape index (κ3) is 6.19. The van der Waals surface area contributed by atoms with Crippen molar-refractivity contribution in [2.75, 3.05) is 18.5 Å². The van der Waals surface area contributed by atoms with Crippen molar-refractivity contribution in [3.8, 4) is 5.75 Å². The van der Waals surface area contributed by atoms with E-state index in [1.165, 1.54) is 0 Å². The molecule has 2 N–H and O–H groups in total. The van der Waals surface area contributed by atoms with Crippen molar-refractivity contribution in [2.45, 2.75) is 26.7 Å². The second-order valence-electron chi connectivity index (χ2n) is 5.96. The van der Waals surface area contributed by atoms with Gasteiger partial charge in [-0.2, -0.15) is 0 Å². The SMILES string of the molecule is CCCCNC(=O)c1cccc(NC(=O)COc2ccc(C)cc2Br)c1. The molecule has 0 aliphatic heterocycles. The van der Waals surface area contributed by atoms with Crippen LogP contribution in [-0.2, 0) is 4.79 Å². The molecule has 2 aromatic carbocycles. The van der Waals surface area contributed by atoms with Crippen molar-refractivity contribution in [3.05, 3.63) is 58.1 Å². The van der Waals surface area contributed by atoms with Gasteiger partial charge < -0.3 is 15.4 Å². The first-order chi connectivity index (χ1) is 12.5. The van der Waals surface area contributed by atoms with Gasteiger partial charge in [0.1, 0.15) is 5.75 Å². The first kappa shape index (κ1) is 20.0. The Kier molecular flexibility index (Phi) is 7.66. The number of carbonyl (C=O) groups is 2. The van der Waals surface area contributed by atoms with Crippen LogP contribution in [0, 0.1) is 6.92 Å². The Balaban J connectivity index is 1.90. The monoisotopic (exact) mass is 418 g/mol. The third-order valence-corrected chi connectivity index (χ3v) is 4.29. The Labute approximate surface area is 162 Å². The van der Waals surface area contributed by atoms with Crippen molar-refractivity contribution in [1.29, 1.82) is 0 Å². The van der Waals surface area contributed by atoms with Gasteiger partial charge in [0.05, 0.1) is 4.47 Å². The number of benzene rings is 2. The number of hydrogen-bond acceptors (Lipinski definition) is 3. The summed E-state index contributed by atoms with van der Waals surface area (Å²) in [6.07, 6.45) is 1.96. The number of anilines is 1. The fourth-order valence-electron chi connectivity index (χ4n) is 2.28. The molecular weight excluding hydrogens is 396 g/mol. The van der Waals surface area contributed by atoms with Gasteiger partial charge in [0.15, 0.2) is 6.61 Å². The van der Waals surface area contributed by atoms with Gasteiger partial charge in [-0.15, -0.1) is 0 Å². The van der Waals surface area contributed by atoms with Crippen LogP contribution in [0.25, 0.3) is 0 Å². The van der Waals surface area contributed by atoms with Gasteiger partial charge in [-0.1, -0.05) is 25.5 Å². The van der Waals surface area contributed by atoms with E-state index in [1.54, 1.807) is 24.3 Å². The summed E-state index contributed by atoms with van der Waals surface area (Å²) < 4.78 is 6.33. The number of hydrogen-bond donors (Lipinski definition) is 2. The highest BCUT2D eigenvalue weighted by atomic mass is 79.9. The Bertz CT molecular complexity index is 777. The molecule has 0 fully saturated rings. The maximum atomic E-state index is 12.1. The van der Waals surface area contributed by atoms with E-state index in [0.29, 0.717) is 23.5 Å². The maximum Gasteiger partial charge on any atom is 0.262 e. The lowest BCUT2D eigenvalue weighted by Gasteiger charge is -2.10. The van der Waals surface area contributed by atoms with Crippen molar-refractivity contribution >= 4 is 33.4 Å². The normalized spacial score (nSPS) is 10.3. The molecule has 0 unspecified atom stereocenters. The van der Waals surface area contributed by atoms with Crippen LogP contribution in [0.15, 0.2) is 46.9 Å². The molecule has 0 aliphatic rings. The molecular formula is C20H23BrN2O3.